The van der Waals surface area contributed by atoms with Crippen LogP contribution in [0.1, 0.15) is 59.1 Å². The maximum Gasteiger partial charge on any atom is 0.407 e. The van der Waals surface area contributed by atoms with Crippen molar-refractivity contribution in [2.75, 3.05) is 20.8 Å². The number of aliphatic hydroxyl groups is 1. The van der Waals surface area contributed by atoms with Crippen LogP contribution in [-0.2, 0) is 27.1 Å². The number of methoxy groups -OCH3 is 2. The molecular weight excluding hydrogens is 653 g/mol. The number of hydrogen-bond donors (Lipinski definition) is 5. The second-order valence-electron chi connectivity index (χ2n) is 15.0. The van der Waals surface area contributed by atoms with Crippen LogP contribution in [0.5, 0.6) is 0 Å². The molecule has 5 atom stereocenters. The number of aliphatic hydroxyl groups excluding tert-OH is 1. The van der Waals surface area contributed by atoms with Gasteiger partial charge in [0.05, 0.1) is 20.3 Å². The van der Waals surface area contributed by atoms with Gasteiger partial charge in [0.15, 0.2) is 0 Å². The Hall–Kier alpha value is -4.55. The maximum atomic E-state index is 13.8. The lowest BCUT2D eigenvalue weighted by molar-refractivity contribution is -0.126. The first-order valence-corrected chi connectivity index (χ1v) is 17.2. The number of pyridine rings is 1. The van der Waals surface area contributed by atoms with E-state index in [2.05, 4.69) is 26.3 Å². The van der Waals surface area contributed by atoms with Gasteiger partial charge in [-0.2, -0.15) is 4.39 Å². The Morgan fingerprint density at radius 1 is 0.784 bits per heavy atom. The Kier molecular flexibility index (Phi) is 14.9. The Labute approximate surface area is 301 Å². The van der Waals surface area contributed by atoms with Gasteiger partial charge in [0.1, 0.15) is 6.04 Å². The number of hydrogen-bond acceptors (Lipinski definition) is 8. The minimum Gasteiger partial charge on any atom is -0.453 e. The molecule has 11 nitrogen and oxygen atoms in total. The van der Waals surface area contributed by atoms with Crippen LogP contribution in [0.4, 0.5) is 14.0 Å². The molecule has 12 heteroatoms. The minimum absolute atomic E-state index is 0.173. The van der Waals surface area contributed by atoms with E-state index in [1.165, 1.54) is 26.5 Å². The van der Waals surface area contributed by atoms with Crippen LogP contribution in [0.3, 0.4) is 0 Å². The van der Waals surface area contributed by atoms with E-state index in [9.17, 15) is 23.9 Å². The topological polar surface area (TPSA) is 151 Å². The van der Waals surface area contributed by atoms with Crippen LogP contribution in [0.25, 0.3) is 11.1 Å². The molecule has 51 heavy (non-hydrogen) atoms. The van der Waals surface area contributed by atoms with Crippen LogP contribution < -0.4 is 21.3 Å². The number of aromatic nitrogens is 1. The molecule has 0 saturated heterocycles. The van der Waals surface area contributed by atoms with Gasteiger partial charge in [0.25, 0.3) is 0 Å². The largest absolute Gasteiger partial charge is 0.453 e. The Morgan fingerprint density at radius 2 is 1.39 bits per heavy atom. The van der Waals surface area contributed by atoms with E-state index in [1.54, 1.807) is 6.07 Å². The number of ether oxygens (including phenoxy) is 2. The SMILES string of the molecule is COC(=O)N[C@H](C(=O)N[C@@H](Cc1ccccc1)C[C@H](O)[C@H](Cc1ccc(-c2ccnc(F)c2)cc1)NC[C@@H](NC(=O)OC)C(C)(C)C)C(C)(C)C. The molecule has 1 aromatic heterocycles. The van der Waals surface area contributed by atoms with Crippen molar-refractivity contribution >= 4 is 18.1 Å². The summed E-state index contributed by atoms with van der Waals surface area (Å²) >= 11 is 0. The third kappa shape index (κ3) is 13.3. The summed E-state index contributed by atoms with van der Waals surface area (Å²) in [7, 11) is 2.55. The average molecular weight is 708 g/mol. The standard InChI is InChI=1S/C39H54FN5O6/c1-38(2,3)32(44-36(48)50-7)24-42-30(21-26-14-16-27(17-15-26)28-18-19-41-33(40)22-28)31(46)23-29(20-25-12-10-9-11-13-25)43-35(47)34(39(4,5)6)45-37(49)51-8/h9-19,22,29-32,34,42,46H,20-21,23-24H2,1-8H3,(H,43,47)(H,44,48)(H,45,49)/t29-,30-,31-,32+,34+/m0/s1. The number of amides is 3. The van der Waals surface area contributed by atoms with Crippen LogP contribution in [-0.4, -0.2) is 79.2 Å². The van der Waals surface area contributed by atoms with E-state index in [1.807, 2.05) is 96.1 Å². The fourth-order valence-electron chi connectivity index (χ4n) is 5.74. The zero-order chi connectivity index (χ0) is 37.8. The van der Waals surface area contributed by atoms with E-state index in [0.717, 1.165) is 16.7 Å². The molecule has 0 aliphatic carbocycles. The van der Waals surface area contributed by atoms with Crippen molar-refractivity contribution in [2.45, 2.75) is 91.1 Å². The lowest BCUT2D eigenvalue weighted by Crippen LogP contribution is -2.57. The molecule has 0 spiro atoms. The van der Waals surface area contributed by atoms with Crippen molar-refractivity contribution in [3.63, 3.8) is 0 Å². The fourth-order valence-corrected chi connectivity index (χ4v) is 5.74. The molecule has 0 fully saturated rings. The summed E-state index contributed by atoms with van der Waals surface area (Å²) in [5, 5.41) is 24.1. The van der Waals surface area contributed by atoms with Gasteiger partial charge in [-0.3, -0.25) is 4.79 Å². The second kappa shape index (κ2) is 18.6. The number of nitrogens with one attached hydrogen (secondary N) is 4. The summed E-state index contributed by atoms with van der Waals surface area (Å²) in [6.45, 7) is 11.9. The summed E-state index contributed by atoms with van der Waals surface area (Å²) in [6.07, 6.45) is 0.182. The quantitative estimate of drug-likeness (QED) is 0.132. The van der Waals surface area contributed by atoms with Crippen LogP contribution in [0.15, 0.2) is 72.9 Å². The summed E-state index contributed by atoms with van der Waals surface area (Å²) in [5.41, 5.74) is 2.40. The normalized spacial score (nSPS) is 14.7. The highest BCUT2D eigenvalue weighted by Crippen LogP contribution is 2.24. The van der Waals surface area contributed by atoms with E-state index < -0.39 is 53.7 Å². The maximum absolute atomic E-state index is 13.8. The third-order valence-electron chi connectivity index (χ3n) is 8.81. The van der Waals surface area contributed by atoms with Crippen LogP contribution in [0, 0.1) is 16.8 Å². The first-order valence-electron chi connectivity index (χ1n) is 17.2. The van der Waals surface area contributed by atoms with Gasteiger partial charge in [0.2, 0.25) is 11.9 Å². The van der Waals surface area contributed by atoms with Gasteiger partial charge < -0.3 is 35.8 Å². The third-order valence-corrected chi connectivity index (χ3v) is 8.81. The molecule has 278 valence electrons. The van der Waals surface area contributed by atoms with Crippen molar-refractivity contribution in [1.82, 2.24) is 26.3 Å². The molecule has 0 aliphatic heterocycles. The van der Waals surface area contributed by atoms with Crippen LogP contribution >= 0.6 is 0 Å². The van der Waals surface area contributed by atoms with Gasteiger partial charge >= 0.3 is 12.2 Å². The zero-order valence-electron chi connectivity index (χ0n) is 31.0. The number of rotatable bonds is 15. The molecule has 3 rings (SSSR count). The van der Waals surface area contributed by atoms with Crippen molar-refractivity contribution in [2.24, 2.45) is 10.8 Å². The Bertz CT molecular complexity index is 1560. The molecule has 3 aromatic rings. The first kappa shape index (κ1) is 40.9. The van der Waals surface area contributed by atoms with Crippen molar-refractivity contribution in [3.05, 3.63) is 90.0 Å². The fraction of sp³-hybridized carbons (Fsp3) is 0.487. The molecule has 5 N–H and O–H groups in total. The summed E-state index contributed by atoms with van der Waals surface area (Å²) in [6, 6.07) is 18.1. The molecule has 2 aromatic carbocycles. The molecule has 0 saturated carbocycles. The zero-order valence-corrected chi connectivity index (χ0v) is 31.0. The molecule has 3 amide bonds. The van der Waals surface area contributed by atoms with Gasteiger partial charge in [0, 0.05) is 36.9 Å². The summed E-state index contributed by atoms with van der Waals surface area (Å²) < 4.78 is 23.5. The Balaban J connectivity index is 1.92. The smallest absolute Gasteiger partial charge is 0.407 e. The van der Waals surface area contributed by atoms with E-state index in [-0.39, 0.29) is 17.9 Å². The van der Waals surface area contributed by atoms with Crippen molar-refractivity contribution in [1.29, 1.82) is 0 Å². The number of carbonyl (C=O) groups is 3. The lowest BCUT2D eigenvalue weighted by Gasteiger charge is -2.35. The van der Waals surface area contributed by atoms with Gasteiger partial charge in [-0.05, 0) is 58.4 Å². The predicted octanol–water partition coefficient (Wildman–Crippen LogP) is 5.41. The monoisotopic (exact) mass is 707 g/mol. The highest BCUT2D eigenvalue weighted by molar-refractivity contribution is 5.86. The van der Waals surface area contributed by atoms with Crippen LogP contribution in [0.2, 0.25) is 0 Å². The average Bonchev–Trinajstić information content (AvgIpc) is 3.07. The van der Waals surface area contributed by atoms with E-state index in [0.29, 0.717) is 24.9 Å². The number of carbonyl (C=O) groups excluding carboxylic acids is 3. The minimum atomic E-state index is -0.964. The number of halogens is 1. The molecule has 1 heterocycles. The van der Waals surface area contributed by atoms with Gasteiger partial charge in [-0.15, -0.1) is 0 Å². The second-order valence-corrected chi connectivity index (χ2v) is 15.0. The van der Waals surface area contributed by atoms with Gasteiger partial charge in [-0.25, -0.2) is 14.6 Å². The summed E-state index contributed by atoms with van der Waals surface area (Å²) in [4.78, 5) is 41.8. The summed E-state index contributed by atoms with van der Waals surface area (Å²) in [5.74, 6) is -0.964. The number of benzene rings is 2. The van der Waals surface area contributed by atoms with Crippen molar-refractivity contribution in [3.8, 4) is 11.1 Å². The van der Waals surface area contributed by atoms with E-state index in [4.69, 9.17) is 9.47 Å². The number of nitrogens with zero attached hydrogens (tertiary/aromatic N) is 1. The number of alkyl carbamates (subject to hydrolysis) is 2. The lowest BCUT2D eigenvalue weighted by atomic mass is 9.85. The molecule has 0 bridgehead atoms. The first-order chi connectivity index (χ1) is 24.0. The van der Waals surface area contributed by atoms with Gasteiger partial charge in [-0.1, -0.05) is 96.1 Å². The predicted molar refractivity (Wildman–Crippen MR) is 195 cm³/mol. The Morgan fingerprint density at radius 3 is 1.96 bits per heavy atom. The highest BCUT2D eigenvalue weighted by atomic mass is 19.1. The molecule has 0 aliphatic rings. The molecular formula is C39H54FN5O6. The molecule has 0 radical (unpaired) electrons. The van der Waals surface area contributed by atoms with Crippen molar-refractivity contribution < 1.29 is 33.4 Å². The highest BCUT2D eigenvalue weighted by Gasteiger charge is 2.35. The van der Waals surface area contributed by atoms with E-state index >= 15 is 0 Å². The molecule has 0 unspecified atom stereocenters.